The average molecular weight is 278 g/mol. The van der Waals surface area contributed by atoms with Crippen molar-refractivity contribution < 1.29 is 28.6 Å². The summed E-state index contributed by atoms with van der Waals surface area (Å²) in [5.41, 5.74) is 0. The van der Waals surface area contributed by atoms with E-state index in [4.69, 9.17) is 4.74 Å². The number of carbonyl (C=O) groups is 3. The lowest BCUT2D eigenvalue weighted by Crippen LogP contribution is -2.17. The van der Waals surface area contributed by atoms with Crippen LogP contribution in [0.15, 0.2) is 18.2 Å². The maximum Gasteiger partial charge on any atom is 0.314 e. The van der Waals surface area contributed by atoms with Crippen molar-refractivity contribution in [1.29, 1.82) is 0 Å². The molecule has 0 spiro atoms. The van der Waals surface area contributed by atoms with E-state index in [2.05, 4.69) is 9.47 Å². The Kier molecular flexibility index (Phi) is 4.70. The van der Waals surface area contributed by atoms with E-state index in [-0.39, 0.29) is 42.1 Å². The van der Waals surface area contributed by atoms with E-state index < -0.39 is 0 Å². The standard InChI is InChI=1S/C14H14O6/c15-8-18-11-5-12(19-9-16)7-13(6-11)20-14(17)10-3-1-2-4-10/h5-10H,1-4H2. The molecule has 2 rings (SSSR count). The Balaban J connectivity index is 2.13. The molecule has 106 valence electrons. The first-order valence-electron chi connectivity index (χ1n) is 6.30. The molecule has 1 aliphatic carbocycles. The van der Waals surface area contributed by atoms with Gasteiger partial charge in [0, 0.05) is 18.2 Å². The van der Waals surface area contributed by atoms with E-state index in [0.29, 0.717) is 0 Å². The fourth-order valence-electron chi connectivity index (χ4n) is 2.21. The zero-order valence-corrected chi connectivity index (χ0v) is 10.7. The summed E-state index contributed by atoms with van der Waals surface area (Å²) < 4.78 is 14.6. The Morgan fingerprint density at radius 1 is 0.950 bits per heavy atom. The molecule has 0 radical (unpaired) electrons. The average Bonchev–Trinajstić information content (AvgIpc) is 2.93. The number of hydrogen-bond donors (Lipinski definition) is 0. The summed E-state index contributed by atoms with van der Waals surface area (Å²) in [6.07, 6.45) is 3.68. The van der Waals surface area contributed by atoms with Crippen LogP contribution in [0, 0.1) is 5.92 Å². The predicted molar refractivity (Wildman–Crippen MR) is 67.4 cm³/mol. The van der Waals surface area contributed by atoms with Gasteiger partial charge in [0.1, 0.15) is 17.2 Å². The van der Waals surface area contributed by atoms with Gasteiger partial charge in [-0.3, -0.25) is 14.4 Å². The Morgan fingerprint density at radius 2 is 1.45 bits per heavy atom. The minimum Gasteiger partial charge on any atom is -0.428 e. The highest BCUT2D eigenvalue weighted by molar-refractivity contribution is 5.75. The lowest BCUT2D eigenvalue weighted by Gasteiger charge is -2.11. The zero-order chi connectivity index (χ0) is 14.4. The van der Waals surface area contributed by atoms with Crippen molar-refractivity contribution in [3.05, 3.63) is 18.2 Å². The normalized spacial score (nSPS) is 14.6. The molecule has 0 saturated heterocycles. The van der Waals surface area contributed by atoms with Crippen LogP contribution in [0.4, 0.5) is 0 Å². The first-order chi connectivity index (χ1) is 9.72. The summed E-state index contributed by atoms with van der Waals surface area (Å²) in [5.74, 6) is 0.0316. The van der Waals surface area contributed by atoms with Gasteiger partial charge in [0.25, 0.3) is 12.9 Å². The summed E-state index contributed by atoms with van der Waals surface area (Å²) in [6.45, 7) is 0.477. The van der Waals surface area contributed by atoms with Crippen molar-refractivity contribution in [2.24, 2.45) is 5.92 Å². The van der Waals surface area contributed by atoms with Crippen LogP contribution in [-0.2, 0) is 14.4 Å². The number of benzene rings is 1. The molecule has 6 nitrogen and oxygen atoms in total. The fourth-order valence-corrected chi connectivity index (χ4v) is 2.21. The minimum absolute atomic E-state index is 0.0962. The van der Waals surface area contributed by atoms with Gasteiger partial charge in [-0.1, -0.05) is 12.8 Å². The van der Waals surface area contributed by atoms with Crippen molar-refractivity contribution in [3.63, 3.8) is 0 Å². The van der Waals surface area contributed by atoms with Crippen LogP contribution in [0.25, 0.3) is 0 Å². The van der Waals surface area contributed by atoms with E-state index in [1.54, 1.807) is 0 Å². The van der Waals surface area contributed by atoms with Crippen molar-refractivity contribution in [3.8, 4) is 17.2 Å². The molecule has 0 amide bonds. The van der Waals surface area contributed by atoms with Crippen LogP contribution in [-0.4, -0.2) is 18.9 Å². The molecule has 1 aromatic carbocycles. The summed E-state index contributed by atoms with van der Waals surface area (Å²) in [4.78, 5) is 32.6. The second-order valence-electron chi connectivity index (χ2n) is 4.47. The van der Waals surface area contributed by atoms with Crippen LogP contribution >= 0.6 is 0 Å². The molecule has 20 heavy (non-hydrogen) atoms. The number of rotatable bonds is 6. The molecule has 1 aliphatic rings. The van der Waals surface area contributed by atoms with Gasteiger partial charge in [0.2, 0.25) is 0 Å². The highest BCUT2D eigenvalue weighted by atomic mass is 16.5. The lowest BCUT2D eigenvalue weighted by molar-refractivity contribution is -0.138. The minimum atomic E-state index is -0.317. The molecular formula is C14H14O6. The second kappa shape index (κ2) is 6.70. The van der Waals surface area contributed by atoms with Crippen LogP contribution in [0.5, 0.6) is 17.2 Å². The maximum absolute atomic E-state index is 11.9. The number of esters is 1. The highest BCUT2D eigenvalue weighted by Crippen LogP contribution is 2.30. The third-order valence-corrected chi connectivity index (χ3v) is 3.13. The third kappa shape index (κ3) is 3.57. The Labute approximate surface area is 115 Å². The van der Waals surface area contributed by atoms with E-state index in [9.17, 15) is 14.4 Å². The fraction of sp³-hybridized carbons (Fsp3) is 0.357. The summed E-state index contributed by atoms with van der Waals surface area (Å²) in [6, 6.07) is 4.12. The van der Waals surface area contributed by atoms with Gasteiger partial charge >= 0.3 is 5.97 Å². The molecular weight excluding hydrogens is 264 g/mol. The van der Waals surface area contributed by atoms with Crippen molar-refractivity contribution in [1.82, 2.24) is 0 Å². The Bertz CT molecular complexity index is 476. The van der Waals surface area contributed by atoms with E-state index >= 15 is 0 Å². The number of carbonyl (C=O) groups excluding carboxylic acids is 3. The van der Waals surface area contributed by atoms with Crippen molar-refractivity contribution >= 4 is 18.9 Å². The predicted octanol–water partition coefficient (Wildman–Crippen LogP) is 1.85. The van der Waals surface area contributed by atoms with Crippen LogP contribution in [0.1, 0.15) is 25.7 Å². The van der Waals surface area contributed by atoms with Crippen LogP contribution in [0.3, 0.4) is 0 Å². The molecule has 0 atom stereocenters. The summed E-state index contributed by atoms with van der Waals surface area (Å²) in [7, 11) is 0. The van der Waals surface area contributed by atoms with Crippen molar-refractivity contribution in [2.45, 2.75) is 25.7 Å². The van der Waals surface area contributed by atoms with E-state index in [0.717, 1.165) is 25.7 Å². The first-order valence-corrected chi connectivity index (χ1v) is 6.30. The van der Waals surface area contributed by atoms with Crippen LogP contribution in [0.2, 0.25) is 0 Å². The molecule has 1 saturated carbocycles. The number of hydrogen-bond acceptors (Lipinski definition) is 6. The zero-order valence-electron chi connectivity index (χ0n) is 10.7. The largest absolute Gasteiger partial charge is 0.428 e. The first kappa shape index (κ1) is 14.0. The molecule has 1 fully saturated rings. The van der Waals surface area contributed by atoms with Gasteiger partial charge in [-0.2, -0.15) is 0 Å². The van der Waals surface area contributed by atoms with Gasteiger partial charge < -0.3 is 14.2 Å². The number of ether oxygens (including phenoxy) is 3. The second-order valence-corrected chi connectivity index (χ2v) is 4.47. The van der Waals surface area contributed by atoms with Gasteiger partial charge in [-0.25, -0.2) is 0 Å². The smallest absolute Gasteiger partial charge is 0.314 e. The quantitative estimate of drug-likeness (QED) is 0.449. The molecule has 0 aromatic heterocycles. The molecule has 0 heterocycles. The third-order valence-electron chi connectivity index (χ3n) is 3.13. The topological polar surface area (TPSA) is 78.9 Å². The van der Waals surface area contributed by atoms with E-state index in [1.807, 2.05) is 0 Å². The molecule has 0 aliphatic heterocycles. The monoisotopic (exact) mass is 278 g/mol. The maximum atomic E-state index is 11.9. The molecule has 0 N–H and O–H groups in total. The molecule has 1 aromatic rings. The Hall–Kier alpha value is -2.37. The SMILES string of the molecule is O=COc1cc(OC=O)cc(OC(=O)C2CCCC2)c1. The van der Waals surface area contributed by atoms with Gasteiger partial charge in [0.05, 0.1) is 5.92 Å². The highest BCUT2D eigenvalue weighted by Gasteiger charge is 2.24. The molecule has 0 bridgehead atoms. The van der Waals surface area contributed by atoms with Crippen molar-refractivity contribution in [2.75, 3.05) is 0 Å². The van der Waals surface area contributed by atoms with E-state index in [1.165, 1.54) is 18.2 Å². The Morgan fingerprint density at radius 3 is 1.95 bits per heavy atom. The molecule has 0 unspecified atom stereocenters. The van der Waals surface area contributed by atoms with Gasteiger partial charge in [-0.05, 0) is 12.8 Å². The summed E-state index contributed by atoms with van der Waals surface area (Å²) in [5, 5.41) is 0. The van der Waals surface area contributed by atoms with Crippen LogP contribution < -0.4 is 14.2 Å². The summed E-state index contributed by atoms with van der Waals surface area (Å²) >= 11 is 0. The molecule has 6 heteroatoms. The van der Waals surface area contributed by atoms with Gasteiger partial charge in [-0.15, -0.1) is 0 Å². The lowest BCUT2D eigenvalue weighted by atomic mass is 10.1. The van der Waals surface area contributed by atoms with Gasteiger partial charge in [0.15, 0.2) is 0 Å².